The van der Waals surface area contributed by atoms with E-state index in [1.807, 2.05) is 6.08 Å². The number of anilines is 1. The third-order valence-corrected chi connectivity index (χ3v) is 10.2. The van der Waals surface area contributed by atoms with Crippen LogP contribution in [0, 0.1) is 0 Å². The Bertz CT molecular complexity index is 2450. The fraction of sp³-hybridized carbons (Fsp3) is 0.0417. The second-order valence-electron chi connectivity index (χ2n) is 13.1. The Hall–Kier alpha value is -6.18. The highest BCUT2D eigenvalue weighted by molar-refractivity contribution is 6.30. The quantitative estimate of drug-likeness (QED) is 0.178. The highest BCUT2D eigenvalue weighted by atomic mass is 15.1. The van der Waals surface area contributed by atoms with Gasteiger partial charge in [-0.25, -0.2) is 0 Å². The van der Waals surface area contributed by atoms with Crippen LogP contribution in [0.3, 0.4) is 0 Å². The molecule has 0 atom stereocenters. The van der Waals surface area contributed by atoms with Gasteiger partial charge in [0, 0.05) is 19.8 Å². The molecule has 9 rings (SSSR count). The summed E-state index contributed by atoms with van der Waals surface area (Å²) >= 11 is 0. The molecule has 0 aromatic heterocycles. The van der Waals surface area contributed by atoms with Crippen LogP contribution >= 0.6 is 0 Å². The summed E-state index contributed by atoms with van der Waals surface area (Å²) in [5.41, 5.74) is 17.5. The molecule has 0 heterocycles. The van der Waals surface area contributed by atoms with Crippen molar-refractivity contribution >= 4 is 33.3 Å². The summed E-state index contributed by atoms with van der Waals surface area (Å²) in [5, 5.41) is 5.16. The lowest BCUT2D eigenvalue weighted by atomic mass is 9.82. The first-order chi connectivity index (χ1) is 24.1. The Kier molecular flexibility index (Phi) is 6.81. The van der Waals surface area contributed by atoms with Crippen LogP contribution in [0.4, 0.5) is 5.69 Å². The van der Waals surface area contributed by atoms with Crippen LogP contribution in [0.1, 0.15) is 5.56 Å². The van der Waals surface area contributed by atoms with Crippen LogP contribution in [-0.4, -0.2) is 14.1 Å². The number of rotatable bonds is 6. The summed E-state index contributed by atoms with van der Waals surface area (Å²) in [7, 11) is 4.18. The lowest BCUT2D eigenvalue weighted by Crippen LogP contribution is -2.07. The molecule has 1 nitrogen and oxygen atoms in total. The van der Waals surface area contributed by atoms with Crippen LogP contribution in [0.25, 0.3) is 94.4 Å². The van der Waals surface area contributed by atoms with E-state index in [0.717, 1.165) is 5.56 Å². The van der Waals surface area contributed by atoms with Gasteiger partial charge in [0.2, 0.25) is 0 Å². The molecule has 1 aliphatic rings. The van der Waals surface area contributed by atoms with Crippen molar-refractivity contribution in [3.05, 3.63) is 170 Å². The standard InChI is InChI=1S/C48H35N/c1-4-31-19-21-32(22-20-31)37-27-29-41-46-42(30-28-38(45(37)46)33-23-25-36(26-24-33)49(2)3)48-44(35-15-9-6-10-16-35)40-18-12-11-17-39(40)43(47(41)48)34-13-7-5-8-14-34/h4-30H,1H2,2-3H3. The predicted octanol–water partition coefficient (Wildman–Crippen LogP) is 13.0. The SMILES string of the molecule is C=Cc1ccc(-c2ccc3c4c(ccc(-c5ccc(N(C)C)cc5)c24)-c2c-3c(-c3ccccc3)c3ccccc3c2-c2ccccc2)cc1. The molecule has 8 aromatic rings. The van der Waals surface area contributed by atoms with E-state index < -0.39 is 0 Å². The van der Waals surface area contributed by atoms with Crippen molar-refractivity contribution in [2.24, 2.45) is 0 Å². The maximum absolute atomic E-state index is 4.00. The van der Waals surface area contributed by atoms with Gasteiger partial charge in [0.25, 0.3) is 0 Å². The Balaban J connectivity index is 1.45. The van der Waals surface area contributed by atoms with Gasteiger partial charge in [-0.05, 0) is 106 Å². The van der Waals surface area contributed by atoms with Crippen molar-refractivity contribution in [2.45, 2.75) is 0 Å². The molecule has 49 heavy (non-hydrogen) atoms. The zero-order valence-corrected chi connectivity index (χ0v) is 27.7. The fourth-order valence-electron chi connectivity index (χ4n) is 7.92. The van der Waals surface area contributed by atoms with E-state index in [1.54, 1.807) is 0 Å². The molecule has 0 spiro atoms. The Morgan fingerprint density at radius 3 is 1.24 bits per heavy atom. The molecular weight excluding hydrogens is 591 g/mol. The van der Waals surface area contributed by atoms with E-state index in [9.17, 15) is 0 Å². The maximum atomic E-state index is 4.00. The zero-order valence-electron chi connectivity index (χ0n) is 27.7. The van der Waals surface area contributed by atoms with Gasteiger partial charge < -0.3 is 4.90 Å². The van der Waals surface area contributed by atoms with Gasteiger partial charge in [0.15, 0.2) is 0 Å². The summed E-state index contributed by atoms with van der Waals surface area (Å²) in [5.74, 6) is 0. The maximum Gasteiger partial charge on any atom is 0.0361 e. The fourth-order valence-corrected chi connectivity index (χ4v) is 7.92. The van der Waals surface area contributed by atoms with Crippen LogP contribution in [0.2, 0.25) is 0 Å². The molecule has 0 unspecified atom stereocenters. The van der Waals surface area contributed by atoms with Crippen molar-refractivity contribution in [3.63, 3.8) is 0 Å². The van der Waals surface area contributed by atoms with E-state index in [0.29, 0.717) is 0 Å². The van der Waals surface area contributed by atoms with E-state index in [1.165, 1.54) is 94.0 Å². The highest BCUT2D eigenvalue weighted by Gasteiger charge is 2.32. The van der Waals surface area contributed by atoms with Crippen LogP contribution in [-0.2, 0) is 0 Å². The van der Waals surface area contributed by atoms with Gasteiger partial charge in [-0.3, -0.25) is 0 Å². The Labute approximate surface area is 288 Å². The van der Waals surface area contributed by atoms with E-state index in [4.69, 9.17) is 0 Å². The monoisotopic (exact) mass is 625 g/mol. The van der Waals surface area contributed by atoms with Crippen LogP contribution < -0.4 is 4.90 Å². The average Bonchev–Trinajstić information content (AvgIpc) is 3.49. The Morgan fingerprint density at radius 1 is 0.388 bits per heavy atom. The van der Waals surface area contributed by atoms with E-state index in [-0.39, 0.29) is 0 Å². The summed E-state index contributed by atoms with van der Waals surface area (Å²) in [6, 6.07) is 58.1. The number of nitrogens with zero attached hydrogens (tertiary/aromatic N) is 1. The van der Waals surface area contributed by atoms with Crippen molar-refractivity contribution in [1.82, 2.24) is 0 Å². The number of benzene rings is 8. The summed E-state index contributed by atoms with van der Waals surface area (Å²) in [4.78, 5) is 2.15. The minimum atomic E-state index is 1.12. The second kappa shape index (κ2) is 11.5. The molecule has 0 N–H and O–H groups in total. The zero-order chi connectivity index (χ0) is 33.1. The largest absolute Gasteiger partial charge is 0.378 e. The molecule has 0 fully saturated rings. The highest BCUT2D eigenvalue weighted by Crippen LogP contribution is 2.59. The first kappa shape index (κ1) is 29.0. The minimum absolute atomic E-state index is 1.12. The lowest BCUT2D eigenvalue weighted by molar-refractivity contribution is 1.13. The molecule has 0 amide bonds. The first-order valence-electron chi connectivity index (χ1n) is 16.9. The van der Waals surface area contributed by atoms with E-state index >= 15 is 0 Å². The molecule has 0 aliphatic heterocycles. The molecule has 1 aliphatic carbocycles. The average molecular weight is 626 g/mol. The van der Waals surface area contributed by atoms with Gasteiger partial charge in [0.05, 0.1) is 0 Å². The molecule has 0 saturated carbocycles. The van der Waals surface area contributed by atoms with Crippen LogP contribution in [0.15, 0.2) is 164 Å². The number of hydrogen-bond donors (Lipinski definition) is 0. The molecule has 0 saturated heterocycles. The van der Waals surface area contributed by atoms with Crippen molar-refractivity contribution < 1.29 is 0 Å². The van der Waals surface area contributed by atoms with Gasteiger partial charge in [-0.15, -0.1) is 0 Å². The molecular formula is C48H35N. The third kappa shape index (κ3) is 4.54. The summed E-state index contributed by atoms with van der Waals surface area (Å²) in [6.45, 7) is 4.00. The summed E-state index contributed by atoms with van der Waals surface area (Å²) < 4.78 is 0. The molecule has 0 bridgehead atoms. The number of hydrogen-bond acceptors (Lipinski definition) is 1. The lowest BCUT2D eigenvalue weighted by Gasteiger charge is -2.20. The molecule has 8 aromatic carbocycles. The normalized spacial score (nSPS) is 11.6. The topological polar surface area (TPSA) is 3.24 Å². The first-order valence-corrected chi connectivity index (χ1v) is 16.9. The van der Waals surface area contributed by atoms with Gasteiger partial charge >= 0.3 is 0 Å². The Morgan fingerprint density at radius 2 is 0.796 bits per heavy atom. The number of fused-ring (bicyclic) bond motifs is 4. The predicted molar refractivity (Wildman–Crippen MR) is 212 cm³/mol. The third-order valence-electron chi connectivity index (χ3n) is 10.2. The minimum Gasteiger partial charge on any atom is -0.378 e. The van der Waals surface area contributed by atoms with Crippen molar-refractivity contribution in [2.75, 3.05) is 19.0 Å². The molecule has 0 radical (unpaired) electrons. The van der Waals surface area contributed by atoms with E-state index in [2.05, 4.69) is 183 Å². The smallest absolute Gasteiger partial charge is 0.0361 e. The van der Waals surface area contributed by atoms with Gasteiger partial charge in [-0.1, -0.05) is 158 Å². The van der Waals surface area contributed by atoms with Gasteiger partial charge in [-0.2, -0.15) is 0 Å². The van der Waals surface area contributed by atoms with Gasteiger partial charge in [0.1, 0.15) is 0 Å². The second-order valence-corrected chi connectivity index (χ2v) is 13.1. The molecule has 232 valence electrons. The molecule has 1 heteroatoms. The van der Waals surface area contributed by atoms with Crippen molar-refractivity contribution in [1.29, 1.82) is 0 Å². The summed E-state index contributed by atoms with van der Waals surface area (Å²) in [6.07, 6.45) is 1.91. The van der Waals surface area contributed by atoms with Crippen LogP contribution in [0.5, 0.6) is 0 Å². The van der Waals surface area contributed by atoms with Crippen molar-refractivity contribution in [3.8, 4) is 66.8 Å².